The van der Waals surface area contributed by atoms with Gasteiger partial charge in [0.15, 0.2) is 0 Å². The van der Waals surface area contributed by atoms with Gasteiger partial charge >= 0.3 is 0 Å². The Morgan fingerprint density at radius 1 is 1.24 bits per heavy atom. The van der Waals surface area contributed by atoms with Crippen LogP contribution in [-0.2, 0) is 0 Å². The number of nitrogens with zero attached hydrogens (tertiary/aromatic N) is 3. The molecule has 0 N–H and O–H groups in total. The molecule has 0 aliphatic carbocycles. The Hall–Kier alpha value is -2.37. The number of aromatic nitrogens is 2. The first-order valence-electron chi connectivity index (χ1n) is 6.41. The number of amides is 1. The molecule has 110 valence electrons. The zero-order valence-electron chi connectivity index (χ0n) is 12.0. The minimum absolute atomic E-state index is 0.117. The first kappa shape index (κ1) is 15.0. The zero-order chi connectivity index (χ0) is 15.6. The van der Waals surface area contributed by atoms with E-state index in [1.54, 1.807) is 13.8 Å². The van der Waals surface area contributed by atoms with Crippen molar-refractivity contribution in [3.8, 4) is 0 Å². The molecule has 1 heterocycles. The van der Waals surface area contributed by atoms with Crippen LogP contribution in [0.4, 0.5) is 8.78 Å². The van der Waals surface area contributed by atoms with Gasteiger partial charge in [0, 0.05) is 18.8 Å². The summed E-state index contributed by atoms with van der Waals surface area (Å²) in [5.74, 6) is -1.51. The number of aryl methyl sites for hydroxylation is 1. The van der Waals surface area contributed by atoms with Crippen molar-refractivity contribution < 1.29 is 13.6 Å². The molecular formula is C15H15F2N3O. The monoisotopic (exact) mass is 291 g/mol. The summed E-state index contributed by atoms with van der Waals surface area (Å²) < 4.78 is 27.0. The Labute approximate surface area is 121 Å². The van der Waals surface area contributed by atoms with Gasteiger partial charge in [-0.1, -0.05) is 0 Å². The molecular weight excluding hydrogens is 276 g/mol. The van der Waals surface area contributed by atoms with Crippen LogP contribution in [0, 0.1) is 18.6 Å². The minimum Gasteiger partial charge on any atom is -0.333 e. The van der Waals surface area contributed by atoms with Crippen molar-refractivity contribution in [2.75, 3.05) is 7.05 Å². The predicted octanol–water partition coefficient (Wildman–Crippen LogP) is 2.90. The third-order valence-electron chi connectivity index (χ3n) is 3.31. The van der Waals surface area contributed by atoms with Gasteiger partial charge in [-0.25, -0.2) is 13.8 Å². The van der Waals surface area contributed by atoms with Crippen LogP contribution < -0.4 is 0 Å². The van der Waals surface area contributed by atoms with Crippen LogP contribution in [0.25, 0.3) is 0 Å². The van der Waals surface area contributed by atoms with Crippen molar-refractivity contribution in [1.29, 1.82) is 0 Å². The lowest BCUT2D eigenvalue weighted by Crippen LogP contribution is -2.31. The molecule has 0 aliphatic rings. The quantitative estimate of drug-likeness (QED) is 0.873. The second-order valence-electron chi connectivity index (χ2n) is 4.80. The van der Waals surface area contributed by atoms with Crippen LogP contribution in [0.1, 0.15) is 34.7 Å². The van der Waals surface area contributed by atoms with E-state index >= 15 is 0 Å². The molecule has 1 amide bonds. The Morgan fingerprint density at radius 2 is 1.95 bits per heavy atom. The maximum Gasteiger partial charge on any atom is 0.274 e. The molecule has 0 saturated carbocycles. The maximum atomic E-state index is 13.8. The second-order valence-corrected chi connectivity index (χ2v) is 4.80. The number of hydrogen-bond acceptors (Lipinski definition) is 3. The molecule has 0 radical (unpaired) electrons. The van der Waals surface area contributed by atoms with Crippen LogP contribution in [-0.4, -0.2) is 27.8 Å². The summed E-state index contributed by atoms with van der Waals surface area (Å²) in [4.78, 5) is 21.6. The van der Waals surface area contributed by atoms with Crippen LogP contribution in [0.3, 0.4) is 0 Å². The third-order valence-corrected chi connectivity index (χ3v) is 3.31. The minimum atomic E-state index is -0.628. The zero-order valence-corrected chi connectivity index (χ0v) is 12.0. The van der Waals surface area contributed by atoms with Gasteiger partial charge < -0.3 is 4.90 Å². The molecule has 0 aliphatic heterocycles. The van der Waals surface area contributed by atoms with Crippen LogP contribution in [0.15, 0.2) is 30.6 Å². The van der Waals surface area contributed by atoms with Crippen molar-refractivity contribution in [2.45, 2.75) is 19.9 Å². The van der Waals surface area contributed by atoms with E-state index in [1.165, 1.54) is 24.3 Å². The lowest BCUT2D eigenvalue weighted by molar-refractivity contribution is 0.0733. The highest BCUT2D eigenvalue weighted by Crippen LogP contribution is 2.23. The molecule has 21 heavy (non-hydrogen) atoms. The number of halogens is 2. The molecule has 1 unspecified atom stereocenters. The first-order valence-corrected chi connectivity index (χ1v) is 6.41. The fraction of sp³-hybridized carbons (Fsp3) is 0.267. The third kappa shape index (κ3) is 3.21. The maximum absolute atomic E-state index is 13.8. The van der Waals surface area contributed by atoms with Gasteiger partial charge in [-0.3, -0.25) is 9.78 Å². The highest BCUT2D eigenvalue weighted by atomic mass is 19.1. The number of carbonyl (C=O) groups is 1. The summed E-state index contributed by atoms with van der Waals surface area (Å²) in [5, 5.41) is 0. The molecule has 2 rings (SSSR count). The summed E-state index contributed by atoms with van der Waals surface area (Å²) in [5.41, 5.74) is 0.969. The summed E-state index contributed by atoms with van der Waals surface area (Å²) in [7, 11) is 1.51. The van der Waals surface area contributed by atoms with Gasteiger partial charge in [-0.2, -0.15) is 0 Å². The average Bonchev–Trinajstić information content (AvgIpc) is 2.48. The average molecular weight is 291 g/mol. The van der Waals surface area contributed by atoms with Crippen molar-refractivity contribution in [3.63, 3.8) is 0 Å². The van der Waals surface area contributed by atoms with Gasteiger partial charge in [0.2, 0.25) is 0 Å². The highest BCUT2D eigenvalue weighted by molar-refractivity contribution is 5.92. The lowest BCUT2D eigenvalue weighted by Gasteiger charge is -2.25. The molecule has 0 spiro atoms. The molecule has 1 atom stereocenters. The van der Waals surface area contributed by atoms with E-state index in [4.69, 9.17) is 0 Å². The SMILES string of the molecule is Cc1cnc(C(=O)N(C)C(C)c2cc(F)ccc2F)cn1. The molecule has 0 saturated heterocycles. The van der Waals surface area contributed by atoms with Gasteiger partial charge in [0.1, 0.15) is 17.3 Å². The van der Waals surface area contributed by atoms with Crippen LogP contribution in [0.2, 0.25) is 0 Å². The Kier molecular flexibility index (Phi) is 4.26. The predicted molar refractivity (Wildman–Crippen MR) is 73.6 cm³/mol. The van der Waals surface area contributed by atoms with E-state index in [-0.39, 0.29) is 11.3 Å². The molecule has 0 bridgehead atoms. The summed E-state index contributed by atoms with van der Waals surface area (Å²) in [6.45, 7) is 3.38. The van der Waals surface area contributed by atoms with Crippen molar-refractivity contribution in [2.24, 2.45) is 0 Å². The summed E-state index contributed by atoms with van der Waals surface area (Å²) >= 11 is 0. The van der Waals surface area contributed by atoms with E-state index in [9.17, 15) is 13.6 Å². The van der Waals surface area contributed by atoms with E-state index in [0.29, 0.717) is 5.69 Å². The molecule has 6 heteroatoms. The van der Waals surface area contributed by atoms with E-state index < -0.39 is 23.6 Å². The number of rotatable bonds is 3. The normalized spacial score (nSPS) is 12.0. The highest BCUT2D eigenvalue weighted by Gasteiger charge is 2.22. The van der Waals surface area contributed by atoms with Crippen LogP contribution in [0.5, 0.6) is 0 Å². The Balaban J connectivity index is 2.26. The first-order chi connectivity index (χ1) is 9.90. The van der Waals surface area contributed by atoms with Gasteiger partial charge in [-0.05, 0) is 32.0 Å². The van der Waals surface area contributed by atoms with E-state index in [2.05, 4.69) is 9.97 Å². The topological polar surface area (TPSA) is 46.1 Å². The molecule has 2 aromatic rings. The van der Waals surface area contributed by atoms with Crippen molar-refractivity contribution in [3.05, 3.63) is 59.2 Å². The van der Waals surface area contributed by atoms with E-state index in [1.807, 2.05) is 0 Å². The molecule has 4 nitrogen and oxygen atoms in total. The summed E-state index contributed by atoms with van der Waals surface area (Å²) in [6, 6.07) is 2.55. The van der Waals surface area contributed by atoms with Crippen molar-refractivity contribution in [1.82, 2.24) is 14.9 Å². The molecule has 1 aromatic heterocycles. The number of benzene rings is 1. The van der Waals surface area contributed by atoms with Gasteiger partial charge in [0.05, 0.1) is 17.9 Å². The fourth-order valence-corrected chi connectivity index (χ4v) is 1.90. The molecule has 1 aromatic carbocycles. The van der Waals surface area contributed by atoms with Crippen LogP contribution >= 0.6 is 0 Å². The van der Waals surface area contributed by atoms with Gasteiger partial charge in [-0.15, -0.1) is 0 Å². The number of hydrogen-bond donors (Lipinski definition) is 0. The van der Waals surface area contributed by atoms with E-state index in [0.717, 1.165) is 18.2 Å². The largest absolute Gasteiger partial charge is 0.333 e. The summed E-state index contributed by atoms with van der Waals surface area (Å²) in [6.07, 6.45) is 2.84. The number of carbonyl (C=O) groups excluding carboxylic acids is 1. The van der Waals surface area contributed by atoms with Crippen molar-refractivity contribution >= 4 is 5.91 Å². The fourth-order valence-electron chi connectivity index (χ4n) is 1.90. The Bertz CT molecular complexity index is 658. The second kappa shape index (κ2) is 5.95. The smallest absolute Gasteiger partial charge is 0.274 e. The molecule has 0 fully saturated rings. The standard InChI is InChI=1S/C15H15F2N3O/c1-9-7-19-14(8-18-9)15(21)20(3)10(2)12-6-11(16)4-5-13(12)17/h4-8,10H,1-3H3. The lowest BCUT2D eigenvalue weighted by atomic mass is 10.1. The Morgan fingerprint density at radius 3 is 2.57 bits per heavy atom. The van der Waals surface area contributed by atoms with Gasteiger partial charge in [0.25, 0.3) is 5.91 Å².